The highest BCUT2D eigenvalue weighted by molar-refractivity contribution is 5.70. The number of allylic oxidation sites excluding steroid dienone is 6. The van der Waals surface area contributed by atoms with Crippen molar-refractivity contribution in [2.45, 2.75) is 46.5 Å². The molecule has 0 fully saturated rings. The summed E-state index contributed by atoms with van der Waals surface area (Å²) in [6.45, 7) is 15.3. The van der Waals surface area contributed by atoms with E-state index in [9.17, 15) is 0 Å². The van der Waals surface area contributed by atoms with Crippen molar-refractivity contribution in [1.82, 2.24) is 0 Å². The molecule has 0 radical (unpaired) electrons. The van der Waals surface area contributed by atoms with E-state index < -0.39 is 0 Å². The Bertz CT molecular complexity index is 1010. The summed E-state index contributed by atoms with van der Waals surface area (Å²) in [7, 11) is 0. The van der Waals surface area contributed by atoms with Crippen LogP contribution in [0.5, 0.6) is 0 Å². The second-order valence-electron chi connectivity index (χ2n) is 9.40. The van der Waals surface area contributed by atoms with Crippen LogP contribution in [0.3, 0.4) is 0 Å². The molecule has 0 saturated heterocycles. The number of fused-ring (bicyclic) bond motifs is 1. The lowest BCUT2D eigenvalue weighted by atomic mass is 9.72. The lowest BCUT2D eigenvalue weighted by molar-refractivity contribution is 0.490. The molecule has 0 heteroatoms. The summed E-state index contributed by atoms with van der Waals surface area (Å²) in [5.41, 5.74) is 10.9. The van der Waals surface area contributed by atoms with Gasteiger partial charge in [0.15, 0.2) is 0 Å². The quantitative estimate of drug-likeness (QED) is 0.453. The summed E-state index contributed by atoms with van der Waals surface area (Å²) in [6, 6.07) is 15.8. The van der Waals surface area contributed by atoms with Gasteiger partial charge in [-0.3, -0.25) is 0 Å². The molecule has 30 heavy (non-hydrogen) atoms. The van der Waals surface area contributed by atoms with Gasteiger partial charge in [0.25, 0.3) is 0 Å². The van der Waals surface area contributed by atoms with Gasteiger partial charge in [-0.15, -0.1) is 0 Å². The third-order valence-corrected chi connectivity index (χ3v) is 6.87. The van der Waals surface area contributed by atoms with E-state index in [4.69, 9.17) is 0 Å². The number of hydrogen-bond donors (Lipinski definition) is 0. The highest BCUT2D eigenvalue weighted by Crippen LogP contribution is 2.41. The fraction of sp³-hybridized carbons (Fsp3) is 0.333. The first-order valence-electron chi connectivity index (χ1n) is 11.3. The topological polar surface area (TPSA) is 0 Å². The molecule has 0 bridgehead atoms. The fourth-order valence-electron chi connectivity index (χ4n) is 5.11. The summed E-state index contributed by atoms with van der Waals surface area (Å²) in [5.74, 6) is 1.45. The van der Waals surface area contributed by atoms with E-state index in [0.717, 1.165) is 12.8 Å². The molecular weight excluding hydrogens is 360 g/mol. The van der Waals surface area contributed by atoms with Gasteiger partial charge in [-0.2, -0.15) is 0 Å². The number of rotatable bonds is 5. The summed E-state index contributed by atoms with van der Waals surface area (Å²) in [6.07, 6.45) is 11.9. The van der Waals surface area contributed by atoms with Crippen LogP contribution in [-0.2, 0) is 12.8 Å². The Morgan fingerprint density at radius 3 is 2.47 bits per heavy atom. The van der Waals surface area contributed by atoms with Crippen molar-refractivity contribution in [2.24, 2.45) is 17.8 Å². The fourth-order valence-corrected chi connectivity index (χ4v) is 5.11. The highest BCUT2D eigenvalue weighted by atomic mass is 14.3. The van der Waals surface area contributed by atoms with Crippen LogP contribution in [0, 0.1) is 31.6 Å². The molecule has 2 aromatic carbocycles. The molecule has 0 nitrogen and oxygen atoms in total. The highest BCUT2D eigenvalue weighted by Gasteiger charge is 2.27. The van der Waals surface area contributed by atoms with Gasteiger partial charge in [0, 0.05) is 5.92 Å². The summed E-state index contributed by atoms with van der Waals surface area (Å²) < 4.78 is 0. The van der Waals surface area contributed by atoms with Gasteiger partial charge >= 0.3 is 0 Å². The molecule has 3 unspecified atom stereocenters. The predicted octanol–water partition coefficient (Wildman–Crippen LogP) is 7.82. The third-order valence-electron chi connectivity index (χ3n) is 6.87. The molecule has 0 amide bonds. The van der Waals surface area contributed by atoms with Gasteiger partial charge in [0.1, 0.15) is 0 Å². The largest absolute Gasteiger partial charge is 0.0958 e. The zero-order chi connectivity index (χ0) is 21.3. The monoisotopic (exact) mass is 394 g/mol. The van der Waals surface area contributed by atoms with Crippen molar-refractivity contribution >= 4 is 5.57 Å². The second-order valence-corrected chi connectivity index (χ2v) is 9.40. The van der Waals surface area contributed by atoms with Crippen LogP contribution in [0.1, 0.15) is 47.6 Å². The van der Waals surface area contributed by atoms with E-state index >= 15 is 0 Å². The molecule has 4 rings (SSSR count). The zero-order valence-corrected chi connectivity index (χ0v) is 18.7. The van der Waals surface area contributed by atoms with Crippen LogP contribution >= 0.6 is 0 Å². The maximum absolute atomic E-state index is 4.51. The molecule has 0 spiro atoms. The smallest absolute Gasteiger partial charge is 0.00234 e. The van der Waals surface area contributed by atoms with E-state index in [-0.39, 0.29) is 0 Å². The molecule has 0 aromatic heterocycles. The van der Waals surface area contributed by atoms with Crippen LogP contribution in [0.4, 0.5) is 0 Å². The molecule has 0 aliphatic heterocycles. The number of hydrogen-bond acceptors (Lipinski definition) is 0. The van der Waals surface area contributed by atoms with Crippen molar-refractivity contribution < 1.29 is 0 Å². The Morgan fingerprint density at radius 2 is 1.73 bits per heavy atom. The summed E-state index contributed by atoms with van der Waals surface area (Å²) in [5, 5.41) is 0. The van der Waals surface area contributed by atoms with Crippen molar-refractivity contribution in [3.05, 3.63) is 113 Å². The molecule has 2 aromatic rings. The Hall–Kier alpha value is -2.60. The first kappa shape index (κ1) is 20.7. The number of benzene rings is 2. The van der Waals surface area contributed by atoms with Crippen molar-refractivity contribution in [3.8, 4) is 0 Å². The molecule has 0 heterocycles. The standard InChI is InChI=1S/C30H34/c1-20(2)30-18-25(17-24-9-6-21(3)7-10-24)11-12-28(30)19-26-13-14-27-16-22(4)8-15-29(27)23(26)5/h6-12,15-16,18,25-26,28H,1,5,13-14,17,19H2,2-4H3. The van der Waals surface area contributed by atoms with Gasteiger partial charge in [-0.25, -0.2) is 0 Å². The maximum Gasteiger partial charge on any atom is 0.00234 e. The van der Waals surface area contributed by atoms with E-state index in [1.54, 1.807) is 0 Å². The van der Waals surface area contributed by atoms with E-state index in [1.165, 1.54) is 57.4 Å². The van der Waals surface area contributed by atoms with Gasteiger partial charge in [0.05, 0.1) is 0 Å². The molecule has 0 saturated carbocycles. The first-order valence-corrected chi connectivity index (χ1v) is 11.3. The Labute approximate surface area is 182 Å². The van der Waals surface area contributed by atoms with Gasteiger partial charge in [-0.1, -0.05) is 90.6 Å². The van der Waals surface area contributed by atoms with Gasteiger partial charge in [0.2, 0.25) is 0 Å². The second kappa shape index (κ2) is 8.64. The van der Waals surface area contributed by atoms with Crippen molar-refractivity contribution in [2.75, 3.05) is 0 Å². The molecule has 3 atom stereocenters. The summed E-state index contributed by atoms with van der Waals surface area (Å²) >= 11 is 0. The van der Waals surface area contributed by atoms with E-state index in [0.29, 0.717) is 17.8 Å². The van der Waals surface area contributed by atoms with Crippen molar-refractivity contribution in [1.29, 1.82) is 0 Å². The Kier molecular flexibility index (Phi) is 5.95. The van der Waals surface area contributed by atoms with E-state index in [1.807, 2.05) is 0 Å². The molecule has 154 valence electrons. The molecule has 0 N–H and O–H groups in total. The average Bonchev–Trinajstić information content (AvgIpc) is 2.72. The maximum atomic E-state index is 4.51. The normalized spacial score (nSPS) is 23.1. The zero-order valence-electron chi connectivity index (χ0n) is 18.7. The molecular formula is C30H34. The minimum Gasteiger partial charge on any atom is -0.0958 e. The van der Waals surface area contributed by atoms with Crippen molar-refractivity contribution in [3.63, 3.8) is 0 Å². The van der Waals surface area contributed by atoms with Gasteiger partial charge in [-0.05, 0) is 86.1 Å². The lowest BCUT2D eigenvalue weighted by Crippen LogP contribution is -2.19. The van der Waals surface area contributed by atoms with Crippen LogP contribution in [-0.4, -0.2) is 0 Å². The first-order chi connectivity index (χ1) is 14.4. The summed E-state index contributed by atoms with van der Waals surface area (Å²) in [4.78, 5) is 0. The SMILES string of the molecule is C=C(C)C1=CC(Cc2ccc(C)cc2)C=CC1CC1CCc2cc(C)ccc2C1=C. The number of aryl methyl sites for hydroxylation is 3. The van der Waals surface area contributed by atoms with Crippen LogP contribution in [0.25, 0.3) is 5.57 Å². The van der Waals surface area contributed by atoms with Crippen LogP contribution in [0.2, 0.25) is 0 Å². The van der Waals surface area contributed by atoms with Crippen LogP contribution < -0.4 is 0 Å². The predicted molar refractivity (Wildman–Crippen MR) is 131 cm³/mol. The average molecular weight is 395 g/mol. The van der Waals surface area contributed by atoms with Gasteiger partial charge < -0.3 is 0 Å². The van der Waals surface area contributed by atoms with E-state index in [2.05, 4.69) is 94.6 Å². The minimum absolute atomic E-state index is 0.450. The Balaban J connectivity index is 1.49. The molecule has 2 aliphatic rings. The third kappa shape index (κ3) is 4.43. The lowest BCUT2D eigenvalue weighted by Gasteiger charge is -2.32. The minimum atomic E-state index is 0.450. The molecule has 2 aliphatic carbocycles. The van der Waals surface area contributed by atoms with Crippen LogP contribution in [0.15, 0.2) is 85.0 Å². The Morgan fingerprint density at radius 1 is 1.00 bits per heavy atom.